The van der Waals surface area contributed by atoms with Gasteiger partial charge in [0.05, 0.1) is 0 Å². The van der Waals surface area contributed by atoms with Gasteiger partial charge in [0.25, 0.3) is 0 Å². The number of rotatable bonds is 7. The van der Waals surface area contributed by atoms with Crippen molar-refractivity contribution in [1.82, 2.24) is 5.32 Å². The number of nitrogens with one attached hydrogen (secondary N) is 1. The van der Waals surface area contributed by atoms with Gasteiger partial charge in [-0.15, -0.1) is 0 Å². The van der Waals surface area contributed by atoms with Crippen molar-refractivity contribution in [3.63, 3.8) is 0 Å². The highest BCUT2D eigenvalue weighted by Crippen LogP contribution is 2.27. The van der Waals surface area contributed by atoms with Crippen LogP contribution in [0.3, 0.4) is 0 Å². The van der Waals surface area contributed by atoms with Crippen LogP contribution in [0.25, 0.3) is 0 Å². The second kappa shape index (κ2) is 6.06. The number of hydrogen-bond acceptors (Lipinski definition) is 3. The SMILES string of the molecule is CCC(Oc1c(C)cccc1CNC1CC1)C(=O)O. The molecule has 0 amide bonds. The van der Waals surface area contributed by atoms with Crippen molar-refractivity contribution in [2.45, 2.75) is 51.8 Å². The van der Waals surface area contributed by atoms with Crippen LogP contribution in [-0.4, -0.2) is 23.2 Å². The molecule has 0 aliphatic heterocycles. The Bertz CT molecular complexity index is 455. The summed E-state index contributed by atoms with van der Waals surface area (Å²) >= 11 is 0. The van der Waals surface area contributed by atoms with Crippen LogP contribution >= 0.6 is 0 Å². The first-order valence-electron chi connectivity index (χ1n) is 6.83. The summed E-state index contributed by atoms with van der Waals surface area (Å²) in [4.78, 5) is 11.1. The van der Waals surface area contributed by atoms with Crippen molar-refractivity contribution < 1.29 is 14.6 Å². The van der Waals surface area contributed by atoms with Crippen LogP contribution in [0, 0.1) is 6.92 Å². The number of carbonyl (C=O) groups is 1. The summed E-state index contributed by atoms with van der Waals surface area (Å²) in [7, 11) is 0. The Hall–Kier alpha value is -1.55. The highest BCUT2D eigenvalue weighted by Gasteiger charge is 2.22. The second-order valence-corrected chi connectivity index (χ2v) is 5.07. The van der Waals surface area contributed by atoms with E-state index < -0.39 is 12.1 Å². The highest BCUT2D eigenvalue weighted by atomic mass is 16.5. The van der Waals surface area contributed by atoms with E-state index in [4.69, 9.17) is 9.84 Å². The standard InChI is InChI=1S/C15H21NO3/c1-3-13(15(17)18)19-14-10(2)5-4-6-11(14)9-16-12-7-8-12/h4-6,12-13,16H,3,7-9H2,1-2H3,(H,17,18). The summed E-state index contributed by atoms with van der Waals surface area (Å²) in [6, 6.07) is 6.54. The minimum Gasteiger partial charge on any atom is -0.479 e. The Balaban J connectivity index is 2.13. The van der Waals surface area contributed by atoms with Crippen molar-refractivity contribution in [3.05, 3.63) is 29.3 Å². The van der Waals surface area contributed by atoms with Crippen LogP contribution in [-0.2, 0) is 11.3 Å². The summed E-state index contributed by atoms with van der Waals surface area (Å²) in [6.45, 7) is 4.50. The molecule has 1 aliphatic rings. The zero-order valence-electron chi connectivity index (χ0n) is 11.5. The molecule has 1 aromatic carbocycles. The van der Waals surface area contributed by atoms with Crippen LogP contribution in [0.4, 0.5) is 0 Å². The van der Waals surface area contributed by atoms with E-state index in [1.165, 1.54) is 12.8 Å². The molecule has 1 saturated carbocycles. The number of carboxylic acid groups (broad SMARTS) is 1. The average molecular weight is 263 g/mol. The molecule has 0 bridgehead atoms. The highest BCUT2D eigenvalue weighted by molar-refractivity contribution is 5.72. The maximum absolute atomic E-state index is 11.1. The van der Waals surface area contributed by atoms with E-state index in [1.54, 1.807) is 0 Å². The molecule has 4 nitrogen and oxygen atoms in total. The first kappa shape index (κ1) is 13.9. The van der Waals surface area contributed by atoms with Gasteiger partial charge in [-0.2, -0.15) is 0 Å². The largest absolute Gasteiger partial charge is 0.479 e. The van der Waals surface area contributed by atoms with Gasteiger partial charge in [-0.3, -0.25) is 0 Å². The summed E-state index contributed by atoms with van der Waals surface area (Å²) in [6.07, 6.45) is 2.14. The lowest BCUT2D eigenvalue weighted by Gasteiger charge is -2.18. The molecular formula is C15H21NO3. The third kappa shape index (κ3) is 3.70. The van der Waals surface area contributed by atoms with Crippen LogP contribution in [0.15, 0.2) is 18.2 Å². The number of aryl methyl sites for hydroxylation is 1. The first-order chi connectivity index (χ1) is 9.11. The van der Waals surface area contributed by atoms with E-state index in [0.717, 1.165) is 17.7 Å². The Labute approximate surface area is 113 Å². The molecule has 0 aromatic heterocycles. The van der Waals surface area contributed by atoms with Crippen molar-refractivity contribution in [1.29, 1.82) is 0 Å². The van der Waals surface area contributed by atoms with Gasteiger partial charge >= 0.3 is 5.97 Å². The Morgan fingerprint density at radius 2 is 2.26 bits per heavy atom. The number of benzene rings is 1. The first-order valence-corrected chi connectivity index (χ1v) is 6.83. The molecule has 1 unspecified atom stereocenters. The fraction of sp³-hybridized carbons (Fsp3) is 0.533. The molecule has 1 aliphatic carbocycles. The number of hydrogen-bond donors (Lipinski definition) is 2. The Kier molecular flexibility index (Phi) is 4.43. The van der Waals surface area contributed by atoms with Gasteiger partial charge in [0, 0.05) is 18.2 Å². The number of carboxylic acids is 1. The topological polar surface area (TPSA) is 58.6 Å². The van der Waals surface area contributed by atoms with Gasteiger partial charge in [-0.05, 0) is 31.7 Å². The van der Waals surface area contributed by atoms with E-state index in [9.17, 15) is 4.79 Å². The van der Waals surface area contributed by atoms with Gasteiger partial charge in [-0.1, -0.05) is 25.1 Å². The zero-order chi connectivity index (χ0) is 13.8. The van der Waals surface area contributed by atoms with Crippen molar-refractivity contribution in [2.75, 3.05) is 0 Å². The average Bonchev–Trinajstić information content (AvgIpc) is 3.19. The zero-order valence-corrected chi connectivity index (χ0v) is 11.5. The molecule has 19 heavy (non-hydrogen) atoms. The predicted molar refractivity (Wildman–Crippen MR) is 73.4 cm³/mol. The molecule has 0 spiro atoms. The molecule has 0 saturated heterocycles. The Morgan fingerprint density at radius 3 is 2.84 bits per heavy atom. The van der Waals surface area contributed by atoms with Gasteiger partial charge in [0.1, 0.15) is 5.75 Å². The van der Waals surface area contributed by atoms with E-state index in [1.807, 2.05) is 32.0 Å². The third-order valence-corrected chi connectivity index (χ3v) is 3.36. The normalized spacial score (nSPS) is 16.1. The predicted octanol–water partition coefficient (Wildman–Crippen LogP) is 2.49. The molecule has 0 heterocycles. The molecule has 104 valence electrons. The minimum absolute atomic E-state index is 0.458. The van der Waals surface area contributed by atoms with Gasteiger partial charge in [0.15, 0.2) is 6.10 Å². The summed E-state index contributed by atoms with van der Waals surface area (Å²) < 4.78 is 5.70. The van der Waals surface area contributed by atoms with Crippen molar-refractivity contribution >= 4 is 5.97 Å². The van der Waals surface area contributed by atoms with E-state index in [0.29, 0.717) is 18.2 Å². The molecule has 1 fully saturated rings. The van der Waals surface area contributed by atoms with Gasteiger partial charge < -0.3 is 15.2 Å². The molecular weight excluding hydrogens is 242 g/mol. The van der Waals surface area contributed by atoms with Crippen LogP contribution in [0.1, 0.15) is 37.3 Å². The summed E-state index contributed by atoms with van der Waals surface area (Å²) in [5.41, 5.74) is 2.02. The van der Waals surface area contributed by atoms with Crippen LogP contribution < -0.4 is 10.1 Å². The van der Waals surface area contributed by atoms with Crippen LogP contribution in [0.5, 0.6) is 5.75 Å². The third-order valence-electron chi connectivity index (χ3n) is 3.36. The van der Waals surface area contributed by atoms with E-state index >= 15 is 0 Å². The lowest BCUT2D eigenvalue weighted by molar-refractivity contribution is -0.145. The second-order valence-electron chi connectivity index (χ2n) is 5.07. The molecule has 1 atom stereocenters. The molecule has 2 rings (SSSR count). The maximum atomic E-state index is 11.1. The summed E-state index contributed by atoms with van der Waals surface area (Å²) in [5.74, 6) is -0.197. The van der Waals surface area contributed by atoms with Crippen LogP contribution in [0.2, 0.25) is 0 Å². The quantitative estimate of drug-likeness (QED) is 0.793. The van der Waals surface area contributed by atoms with Crippen molar-refractivity contribution in [3.8, 4) is 5.75 Å². The van der Waals surface area contributed by atoms with Crippen molar-refractivity contribution in [2.24, 2.45) is 0 Å². The Morgan fingerprint density at radius 1 is 1.53 bits per heavy atom. The van der Waals surface area contributed by atoms with Gasteiger partial charge in [-0.25, -0.2) is 4.79 Å². The fourth-order valence-corrected chi connectivity index (χ4v) is 2.01. The molecule has 4 heteroatoms. The number of aliphatic carboxylic acids is 1. The molecule has 0 radical (unpaired) electrons. The molecule has 1 aromatic rings. The minimum atomic E-state index is -0.910. The maximum Gasteiger partial charge on any atom is 0.344 e. The fourth-order valence-electron chi connectivity index (χ4n) is 2.01. The smallest absolute Gasteiger partial charge is 0.344 e. The van der Waals surface area contributed by atoms with E-state index in [2.05, 4.69) is 5.32 Å². The lowest BCUT2D eigenvalue weighted by Crippen LogP contribution is -2.27. The van der Waals surface area contributed by atoms with E-state index in [-0.39, 0.29) is 0 Å². The monoisotopic (exact) mass is 263 g/mol. The van der Waals surface area contributed by atoms with Gasteiger partial charge in [0.2, 0.25) is 0 Å². The summed E-state index contributed by atoms with van der Waals surface area (Å²) in [5, 5.41) is 12.5. The molecule has 2 N–H and O–H groups in total. The lowest BCUT2D eigenvalue weighted by atomic mass is 10.1. The number of para-hydroxylation sites is 1. The number of ether oxygens (including phenoxy) is 1.